The second-order valence-corrected chi connectivity index (χ2v) is 4.12. The SMILES string of the molecule is C=CCC[C@H](CC)NCc1cccc(C)n1. The first kappa shape index (κ1) is 12.9. The molecule has 1 aromatic heterocycles. The van der Waals surface area contributed by atoms with Gasteiger partial charge in [0.05, 0.1) is 5.69 Å². The minimum Gasteiger partial charge on any atom is -0.308 e. The van der Waals surface area contributed by atoms with Gasteiger partial charge in [0, 0.05) is 18.3 Å². The molecule has 0 aliphatic carbocycles. The number of nitrogens with one attached hydrogen (secondary N) is 1. The van der Waals surface area contributed by atoms with Gasteiger partial charge in [-0.2, -0.15) is 0 Å². The van der Waals surface area contributed by atoms with Gasteiger partial charge < -0.3 is 5.32 Å². The lowest BCUT2D eigenvalue weighted by Gasteiger charge is -2.15. The van der Waals surface area contributed by atoms with E-state index in [1.165, 1.54) is 0 Å². The molecule has 0 amide bonds. The van der Waals surface area contributed by atoms with E-state index in [0.29, 0.717) is 6.04 Å². The van der Waals surface area contributed by atoms with Crippen molar-refractivity contribution in [1.82, 2.24) is 10.3 Å². The minimum atomic E-state index is 0.570. The quantitative estimate of drug-likeness (QED) is 0.711. The Bertz CT molecular complexity index is 320. The van der Waals surface area contributed by atoms with Crippen molar-refractivity contribution in [3.05, 3.63) is 42.2 Å². The Morgan fingerprint density at radius 3 is 2.94 bits per heavy atom. The second-order valence-electron chi connectivity index (χ2n) is 4.12. The van der Waals surface area contributed by atoms with Gasteiger partial charge in [-0.3, -0.25) is 4.98 Å². The summed E-state index contributed by atoms with van der Waals surface area (Å²) < 4.78 is 0. The van der Waals surface area contributed by atoms with Crippen molar-refractivity contribution < 1.29 is 0 Å². The summed E-state index contributed by atoms with van der Waals surface area (Å²) in [5.41, 5.74) is 2.20. The van der Waals surface area contributed by atoms with Gasteiger partial charge in [0.1, 0.15) is 0 Å². The molecule has 0 radical (unpaired) electrons. The lowest BCUT2D eigenvalue weighted by molar-refractivity contribution is 0.467. The number of nitrogens with zero attached hydrogens (tertiary/aromatic N) is 1. The van der Waals surface area contributed by atoms with Gasteiger partial charge >= 0.3 is 0 Å². The molecule has 88 valence electrons. The van der Waals surface area contributed by atoms with Crippen LogP contribution >= 0.6 is 0 Å². The van der Waals surface area contributed by atoms with Crippen LogP contribution in [0.1, 0.15) is 37.6 Å². The molecule has 0 spiro atoms. The average Bonchev–Trinajstić information content (AvgIpc) is 2.29. The van der Waals surface area contributed by atoms with Gasteiger partial charge in [0.25, 0.3) is 0 Å². The first-order chi connectivity index (χ1) is 7.76. The lowest BCUT2D eigenvalue weighted by atomic mass is 10.1. The monoisotopic (exact) mass is 218 g/mol. The molecule has 0 aliphatic rings. The van der Waals surface area contributed by atoms with Crippen LogP contribution in [0.15, 0.2) is 30.9 Å². The maximum Gasteiger partial charge on any atom is 0.0544 e. The first-order valence-corrected chi connectivity index (χ1v) is 6.03. The van der Waals surface area contributed by atoms with Crippen molar-refractivity contribution >= 4 is 0 Å². The molecule has 0 saturated carbocycles. The number of allylic oxidation sites excluding steroid dienone is 1. The second kappa shape index (κ2) is 7.18. The van der Waals surface area contributed by atoms with Gasteiger partial charge in [-0.25, -0.2) is 0 Å². The van der Waals surface area contributed by atoms with Crippen molar-refractivity contribution in [2.75, 3.05) is 0 Å². The van der Waals surface area contributed by atoms with E-state index in [2.05, 4.69) is 35.9 Å². The third-order valence-electron chi connectivity index (χ3n) is 2.73. The summed E-state index contributed by atoms with van der Waals surface area (Å²) >= 11 is 0. The Hall–Kier alpha value is -1.15. The molecule has 1 heterocycles. The third-order valence-corrected chi connectivity index (χ3v) is 2.73. The highest BCUT2D eigenvalue weighted by Gasteiger charge is 2.04. The summed E-state index contributed by atoms with van der Waals surface area (Å²) in [5, 5.41) is 3.54. The van der Waals surface area contributed by atoms with E-state index in [1.54, 1.807) is 0 Å². The van der Waals surface area contributed by atoms with Crippen LogP contribution < -0.4 is 5.32 Å². The molecular formula is C14H22N2. The predicted molar refractivity (Wildman–Crippen MR) is 69.3 cm³/mol. The number of pyridine rings is 1. The molecule has 2 nitrogen and oxygen atoms in total. The van der Waals surface area contributed by atoms with Crippen LogP contribution in [0.3, 0.4) is 0 Å². The third kappa shape index (κ3) is 4.58. The van der Waals surface area contributed by atoms with E-state index < -0.39 is 0 Å². The van der Waals surface area contributed by atoms with Crippen LogP contribution in [-0.2, 0) is 6.54 Å². The largest absolute Gasteiger partial charge is 0.308 e. The van der Waals surface area contributed by atoms with E-state index in [9.17, 15) is 0 Å². The zero-order valence-electron chi connectivity index (χ0n) is 10.4. The zero-order chi connectivity index (χ0) is 11.8. The number of hydrogen-bond donors (Lipinski definition) is 1. The molecule has 0 bridgehead atoms. The number of aryl methyl sites for hydroxylation is 1. The van der Waals surface area contributed by atoms with E-state index in [0.717, 1.165) is 37.2 Å². The topological polar surface area (TPSA) is 24.9 Å². The first-order valence-electron chi connectivity index (χ1n) is 6.03. The minimum absolute atomic E-state index is 0.570. The van der Waals surface area contributed by atoms with E-state index in [-0.39, 0.29) is 0 Å². The summed E-state index contributed by atoms with van der Waals surface area (Å²) in [4.78, 5) is 4.48. The Balaban J connectivity index is 2.39. The van der Waals surface area contributed by atoms with E-state index >= 15 is 0 Å². The van der Waals surface area contributed by atoms with Crippen molar-refractivity contribution in [3.8, 4) is 0 Å². The molecule has 0 saturated heterocycles. The number of rotatable bonds is 7. The number of hydrogen-bond acceptors (Lipinski definition) is 2. The van der Waals surface area contributed by atoms with Gasteiger partial charge in [0.15, 0.2) is 0 Å². The molecule has 0 unspecified atom stereocenters. The average molecular weight is 218 g/mol. The standard InChI is InChI=1S/C14H22N2/c1-4-6-9-13(5-2)15-11-14-10-7-8-12(3)16-14/h4,7-8,10,13,15H,1,5-6,9,11H2,2-3H3/t13-/m0/s1. The smallest absolute Gasteiger partial charge is 0.0544 e. The molecule has 0 aliphatic heterocycles. The van der Waals surface area contributed by atoms with Crippen LogP contribution in [-0.4, -0.2) is 11.0 Å². The molecule has 2 heteroatoms. The molecule has 0 aromatic carbocycles. The normalized spacial score (nSPS) is 12.4. The highest BCUT2D eigenvalue weighted by Crippen LogP contribution is 2.04. The Morgan fingerprint density at radius 1 is 1.50 bits per heavy atom. The van der Waals surface area contributed by atoms with Crippen LogP contribution in [0.25, 0.3) is 0 Å². The summed E-state index contributed by atoms with van der Waals surface area (Å²) in [7, 11) is 0. The van der Waals surface area contributed by atoms with Crippen molar-refractivity contribution in [3.63, 3.8) is 0 Å². The fourth-order valence-corrected chi connectivity index (χ4v) is 1.72. The van der Waals surface area contributed by atoms with Gasteiger partial charge in [-0.15, -0.1) is 6.58 Å². The maximum absolute atomic E-state index is 4.48. The lowest BCUT2D eigenvalue weighted by Crippen LogP contribution is -2.28. The fraction of sp³-hybridized carbons (Fsp3) is 0.500. The van der Waals surface area contributed by atoms with Crippen LogP contribution in [0.5, 0.6) is 0 Å². The molecule has 16 heavy (non-hydrogen) atoms. The van der Waals surface area contributed by atoms with Crippen LogP contribution in [0.2, 0.25) is 0 Å². The van der Waals surface area contributed by atoms with E-state index in [1.807, 2.05) is 19.1 Å². The van der Waals surface area contributed by atoms with Gasteiger partial charge in [-0.1, -0.05) is 19.1 Å². The van der Waals surface area contributed by atoms with Crippen molar-refractivity contribution in [1.29, 1.82) is 0 Å². The van der Waals surface area contributed by atoms with E-state index in [4.69, 9.17) is 0 Å². The molecule has 0 fully saturated rings. The number of aromatic nitrogens is 1. The summed E-state index contributed by atoms with van der Waals surface area (Å²) in [6.45, 7) is 8.85. The fourth-order valence-electron chi connectivity index (χ4n) is 1.72. The zero-order valence-corrected chi connectivity index (χ0v) is 10.4. The summed E-state index contributed by atoms with van der Waals surface area (Å²) in [6, 6.07) is 6.73. The summed E-state index contributed by atoms with van der Waals surface area (Å²) in [5.74, 6) is 0. The van der Waals surface area contributed by atoms with Crippen LogP contribution in [0, 0.1) is 6.92 Å². The highest BCUT2D eigenvalue weighted by atomic mass is 14.9. The molecule has 1 atom stereocenters. The molecule has 1 rings (SSSR count). The summed E-state index contributed by atoms with van der Waals surface area (Å²) in [6.07, 6.45) is 5.37. The molecule has 1 aromatic rings. The molecular weight excluding hydrogens is 196 g/mol. The van der Waals surface area contributed by atoms with Crippen LogP contribution in [0.4, 0.5) is 0 Å². The highest BCUT2D eigenvalue weighted by molar-refractivity contribution is 5.09. The van der Waals surface area contributed by atoms with Crippen molar-refractivity contribution in [2.45, 2.75) is 45.7 Å². The Labute approximate surface area is 98.8 Å². The maximum atomic E-state index is 4.48. The van der Waals surface area contributed by atoms with Gasteiger partial charge in [-0.05, 0) is 38.3 Å². The Morgan fingerprint density at radius 2 is 2.31 bits per heavy atom. The van der Waals surface area contributed by atoms with Crippen molar-refractivity contribution in [2.24, 2.45) is 0 Å². The van der Waals surface area contributed by atoms with Gasteiger partial charge in [0.2, 0.25) is 0 Å². The predicted octanol–water partition coefficient (Wildman–Crippen LogP) is 3.22. The Kier molecular flexibility index (Phi) is 5.79. The molecule has 1 N–H and O–H groups in total.